The molecule has 2 heterocycles. The lowest BCUT2D eigenvalue weighted by atomic mass is 9.91. The van der Waals surface area contributed by atoms with Crippen LogP contribution >= 0.6 is 23.2 Å². The molecule has 4 heteroatoms. The van der Waals surface area contributed by atoms with Crippen LogP contribution in [0.25, 0.3) is 5.65 Å². The Kier molecular flexibility index (Phi) is 2.37. The van der Waals surface area contributed by atoms with Gasteiger partial charge in [0.2, 0.25) is 0 Å². The number of nitrogens with zero attached hydrogens (tertiary/aromatic N) is 2. The third-order valence-corrected chi connectivity index (χ3v) is 3.77. The average molecular weight is 255 g/mol. The Morgan fingerprint density at radius 1 is 1.44 bits per heavy atom. The molecule has 1 unspecified atom stereocenters. The quantitative estimate of drug-likeness (QED) is 0.693. The summed E-state index contributed by atoms with van der Waals surface area (Å²) in [5, 5.41) is 1.30. The van der Waals surface area contributed by atoms with Gasteiger partial charge in [-0.2, -0.15) is 0 Å². The van der Waals surface area contributed by atoms with Gasteiger partial charge in [0.25, 0.3) is 0 Å². The molecule has 84 valence electrons. The van der Waals surface area contributed by atoms with Gasteiger partial charge in [-0.05, 0) is 25.3 Å². The molecule has 0 spiro atoms. The second-order valence-electron chi connectivity index (χ2n) is 4.44. The van der Waals surface area contributed by atoms with Gasteiger partial charge in [-0.3, -0.25) is 0 Å². The molecular weight excluding hydrogens is 243 g/mol. The van der Waals surface area contributed by atoms with Crippen LogP contribution in [0.2, 0.25) is 10.0 Å². The summed E-state index contributed by atoms with van der Waals surface area (Å²) in [6, 6.07) is 1.75. The van der Waals surface area contributed by atoms with Crippen LogP contribution in [0.15, 0.2) is 12.3 Å². The third kappa shape index (κ3) is 1.44. The maximum Gasteiger partial charge on any atom is 0.156 e. The lowest BCUT2D eigenvalue weighted by Gasteiger charge is -2.17. The Balaban J connectivity index is 2.36. The Bertz CT molecular complexity index is 560. The Labute approximate surface area is 104 Å². The fourth-order valence-electron chi connectivity index (χ4n) is 2.49. The summed E-state index contributed by atoms with van der Waals surface area (Å²) in [7, 11) is 0. The topological polar surface area (TPSA) is 17.3 Å². The lowest BCUT2D eigenvalue weighted by molar-refractivity contribution is 0.570. The fraction of sp³-hybridized carbons (Fsp3) is 0.417. The summed E-state index contributed by atoms with van der Waals surface area (Å²) in [4.78, 5) is 4.65. The average Bonchev–Trinajstić information content (AvgIpc) is 2.59. The standard InChI is InChI=1S/C12H12Cl2N2/c1-7-3-2-4-10-11(7)15-12-9(14)5-8(13)6-16(10)12/h5-7H,2-4H2,1H3. The molecule has 0 bridgehead atoms. The molecule has 0 saturated carbocycles. The van der Waals surface area contributed by atoms with Gasteiger partial charge in [-0.15, -0.1) is 0 Å². The number of imidazole rings is 1. The van der Waals surface area contributed by atoms with Crippen LogP contribution < -0.4 is 0 Å². The zero-order valence-corrected chi connectivity index (χ0v) is 10.5. The molecule has 0 aliphatic heterocycles. The van der Waals surface area contributed by atoms with Gasteiger partial charge in [0.15, 0.2) is 5.65 Å². The number of pyridine rings is 1. The number of fused-ring (bicyclic) bond motifs is 3. The molecule has 1 atom stereocenters. The minimum absolute atomic E-state index is 0.526. The molecule has 0 saturated heterocycles. The summed E-state index contributed by atoms with van der Waals surface area (Å²) in [6.45, 7) is 2.22. The van der Waals surface area contributed by atoms with Crippen molar-refractivity contribution in [3.63, 3.8) is 0 Å². The summed E-state index contributed by atoms with van der Waals surface area (Å²) < 4.78 is 2.05. The van der Waals surface area contributed by atoms with E-state index in [1.54, 1.807) is 6.07 Å². The van der Waals surface area contributed by atoms with Crippen molar-refractivity contribution in [2.45, 2.75) is 32.1 Å². The van der Waals surface area contributed by atoms with Crippen LogP contribution in [-0.4, -0.2) is 9.38 Å². The van der Waals surface area contributed by atoms with Gasteiger partial charge in [0, 0.05) is 17.8 Å². The van der Waals surface area contributed by atoms with E-state index >= 15 is 0 Å². The first-order chi connectivity index (χ1) is 7.66. The van der Waals surface area contributed by atoms with Crippen molar-refractivity contribution in [3.05, 3.63) is 33.7 Å². The number of aryl methyl sites for hydroxylation is 1. The highest BCUT2D eigenvalue weighted by Crippen LogP contribution is 2.33. The number of rotatable bonds is 0. The predicted octanol–water partition coefficient (Wildman–Crippen LogP) is 4.08. The van der Waals surface area contributed by atoms with Gasteiger partial charge in [-0.25, -0.2) is 4.98 Å². The normalized spacial score (nSPS) is 20.1. The van der Waals surface area contributed by atoms with E-state index in [1.165, 1.54) is 24.2 Å². The molecule has 2 nitrogen and oxygen atoms in total. The highest BCUT2D eigenvalue weighted by molar-refractivity contribution is 6.36. The van der Waals surface area contributed by atoms with E-state index in [9.17, 15) is 0 Å². The monoisotopic (exact) mass is 254 g/mol. The van der Waals surface area contributed by atoms with Crippen molar-refractivity contribution < 1.29 is 0 Å². The molecule has 0 amide bonds. The molecule has 0 radical (unpaired) electrons. The van der Waals surface area contributed by atoms with Crippen LogP contribution in [0.1, 0.15) is 37.1 Å². The van der Waals surface area contributed by atoms with Gasteiger partial charge in [-0.1, -0.05) is 30.1 Å². The van der Waals surface area contributed by atoms with Gasteiger partial charge >= 0.3 is 0 Å². The number of aromatic nitrogens is 2. The molecule has 0 aromatic carbocycles. The maximum absolute atomic E-state index is 6.16. The molecular formula is C12H12Cl2N2. The second-order valence-corrected chi connectivity index (χ2v) is 5.28. The molecule has 1 aliphatic rings. The van der Waals surface area contributed by atoms with Crippen molar-refractivity contribution in [1.29, 1.82) is 0 Å². The molecule has 1 aliphatic carbocycles. The van der Waals surface area contributed by atoms with E-state index in [0.717, 1.165) is 12.1 Å². The zero-order chi connectivity index (χ0) is 11.3. The van der Waals surface area contributed by atoms with Crippen LogP contribution in [0.5, 0.6) is 0 Å². The van der Waals surface area contributed by atoms with E-state index in [1.807, 2.05) is 6.20 Å². The van der Waals surface area contributed by atoms with Crippen molar-refractivity contribution in [2.75, 3.05) is 0 Å². The first-order valence-corrected chi connectivity index (χ1v) is 6.28. The van der Waals surface area contributed by atoms with Gasteiger partial charge in [0.05, 0.1) is 15.7 Å². The minimum atomic E-state index is 0.526. The van der Waals surface area contributed by atoms with Crippen molar-refractivity contribution in [2.24, 2.45) is 0 Å². The highest BCUT2D eigenvalue weighted by Gasteiger charge is 2.23. The summed E-state index contributed by atoms with van der Waals surface area (Å²) in [5.74, 6) is 0.526. The lowest BCUT2D eigenvalue weighted by Crippen LogP contribution is -2.07. The van der Waals surface area contributed by atoms with Crippen LogP contribution in [0.4, 0.5) is 0 Å². The molecule has 0 N–H and O–H groups in total. The minimum Gasteiger partial charge on any atom is -0.301 e. The highest BCUT2D eigenvalue weighted by atomic mass is 35.5. The Morgan fingerprint density at radius 3 is 3.06 bits per heavy atom. The van der Waals surface area contributed by atoms with Crippen molar-refractivity contribution >= 4 is 28.8 Å². The number of hydrogen-bond donors (Lipinski definition) is 0. The second kappa shape index (κ2) is 3.64. The van der Waals surface area contributed by atoms with E-state index in [0.29, 0.717) is 16.0 Å². The van der Waals surface area contributed by atoms with Crippen molar-refractivity contribution in [1.82, 2.24) is 9.38 Å². The van der Waals surface area contributed by atoms with Gasteiger partial charge in [0.1, 0.15) is 0 Å². The first kappa shape index (κ1) is 10.4. The van der Waals surface area contributed by atoms with E-state index in [4.69, 9.17) is 23.2 Å². The molecule has 3 rings (SSSR count). The SMILES string of the molecule is CC1CCCc2c1nc1c(Cl)cc(Cl)cn21. The van der Waals surface area contributed by atoms with Crippen LogP contribution in [0, 0.1) is 0 Å². The van der Waals surface area contributed by atoms with Crippen molar-refractivity contribution in [3.8, 4) is 0 Å². The van der Waals surface area contributed by atoms with Crippen LogP contribution in [-0.2, 0) is 6.42 Å². The summed E-state index contributed by atoms with van der Waals surface area (Å²) in [5.41, 5.74) is 3.30. The fourth-order valence-corrected chi connectivity index (χ4v) is 3.01. The smallest absolute Gasteiger partial charge is 0.156 e. The molecule has 0 fully saturated rings. The third-order valence-electron chi connectivity index (χ3n) is 3.29. The molecule has 2 aromatic rings. The summed E-state index contributed by atoms with van der Waals surface area (Å²) >= 11 is 12.2. The van der Waals surface area contributed by atoms with Crippen LogP contribution in [0.3, 0.4) is 0 Å². The number of hydrogen-bond acceptors (Lipinski definition) is 1. The number of halogens is 2. The Morgan fingerprint density at radius 2 is 2.25 bits per heavy atom. The van der Waals surface area contributed by atoms with E-state index < -0.39 is 0 Å². The molecule has 16 heavy (non-hydrogen) atoms. The largest absolute Gasteiger partial charge is 0.301 e. The first-order valence-electron chi connectivity index (χ1n) is 5.52. The zero-order valence-electron chi connectivity index (χ0n) is 9.00. The van der Waals surface area contributed by atoms with E-state index in [-0.39, 0.29) is 0 Å². The molecule has 2 aromatic heterocycles. The Hall–Kier alpha value is -0.730. The predicted molar refractivity (Wildman–Crippen MR) is 66.6 cm³/mol. The van der Waals surface area contributed by atoms with Gasteiger partial charge < -0.3 is 4.40 Å². The summed E-state index contributed by atoms with van der Waals surface area (Å²) in [6.07, 6.45) is 5.40. The van der Waals surface area contributed by atoms with E-state index in [2.05, 4.69) is 16.3 Å². The maximum atomic E-state index is 6.16.